The number of hydrogen-bond donors (Lipinski definition) is 0. The molecular weight excluding hydrogens is 184 g/mol. The number of hydrogen-bond acceptors (Lipinski definition) is 1. The van der Waals surface area contributed by atoms with Crippen LogP contribution in [0.15, 0.2) is 40.8 Å². The normalized spacial score (nSPS) is 14.2. The summed E-state index contributed by atoms with van der Waals surface area (Å²) in [5, 5.41) is 1.28. The first-order valence-corrected chi connectivity index (χ1v) is 5.20. The molecule has 1 aliphatic rings. The van der Waals surface area contributed by atoms with Crippen molar-refractivity contribution in [1.29, 1.82) is 0 Å². The van der Waals surface area contributed by atoms with Crippen molar-refractivity contribution in [3.63, 3.8) is 0 Å². The van der Waals surface area contributed by atoms with Gasteiger partial charge in [-0.25, -0.2) is 0 Å². The van der Waals surface area contributed by atoms with E-state index in [9.17, 15) is 0 Å². The van der Waals surface area contributed by atoms with E-state index in [-0.39, 0.29) is 0 Å². The Hall–Kier alpha value is -1.76. The lowest BCUT2D eigenvalue weighted by Crippen LogP contribution is -1.82. The van der Waals surface area contributed by atoms with E-state index in [4.69, 9.17) is 4.42 Å². The van der Waals surface area contributed by atoms with Crippen LogP contribution in [0, 0.1) is 6.92 Å². The van der Waals surface area contributed by atoms with Crippen molar-refractivity contribution < 1.29 is 4.42 Å². The van der Waals surface area contributed by atoms with Crippen molar-refractivity contribution in [2.45, 2.75) is 13.3 Å². The molecule has 2 aromatic rings. The largest absolute Gasteiger partial charge is 0.456 e. The van der Waals surface area contributed by atoms with Gasteiger partial charge in [0.2, 0.25) is 0 Å². The minimum Gasteiger partial charge on any atom is -0.456 e. The van der Waals surface area contributed by atoms with Crippen LogP contribution in [0.5, 0.6) is 0 Å². The lowest BCUT2D eigenvalue weighted by atomic mass is 10.0. The van der Waals surface area contributed by atoms with Gasteiger partial charge in [0.25, 0.3) is 0 Å². The highest BCUT2D eigenvalue weighted by molar-refractivity contribution is 5.88. The average molecular weight is 196 g/mol. The van der Waals surface area contributed by atoms with Gasteiger partial charge in [0.05, 0.1) is 0 Å². The summed E-state index contributed by atoms with van der Waals surface area (Å²) in [5.41, 5.74) is 3.61. The molecule has 0 saturated carbocycles. The van der Waals surface area contributed by atoms with Gasteiger partial charge in [-0.05, 0) is 31.1 Å². The maximum Gasteiger partial charge on any atom is 0.135 e. The van der Waals surface area contributed by atoms with E-state index in [0.717, 1.165) is 17.8 Å². The minimum atomic E-state index is 0.959. The van der Waals surface area contributed by atoms with Gasteiger partial charge < -0.3 is 4.42 Å². The predicted octanol–water partition coefficient (Wildman–Crippen LogP) is 3.87. The van der Waals surface area contributed by atoms with Gasteiger partial charge in [0.1, 0.15) is 11.3 Å². The molecule has 1 heteroatoms. The van der Waals surface area contributed by atoms with Gasteiger partial charge >= 0.3 is 0 Å². The van der Waals surface area contributed by atoms with Crippen molar-refractivity contribution in [1.82, 2.24) is 0 Å². The number of rotatable bonds is 0. The van der Waals surface area contributed by atoms with Crippen molar-refractivity contribution in [3.8, 4) is 0 Å². The maximum absolute atomic E-state index is 5.82. The van der Waals surface area contributed by atoms with E-state index in [1.807, 2.05) is 24.3 Å². The lowest BCUT2D eigenvalue weighted by Gasteiger charge is -1.97. The first kappa shape index (κ1) is 8.54. The Morgan fingerprint density at radius 2 is 2.13 bits per heavy atom. The molecule has 0 saturated heterocycles. The molecular formula is C14H12O. The van der Waals surface area contributed by atoms with Crippen LogP contribution in [0.2, 0.25) is 0 Å². The average Bonchev–Trinajstić information content (AvgIpc) is 2.43. The highest BCUT2D eigenvalue weighted by atomic mass is 16.3. The molecule has 0 spiro atoms. The van der Waals surface area contributed by atoms with Crippen molar-refractivity contribution in [2.75, 3.05) is 0 Å². The Morgan fingerprint density at radius 3 is 3.07 bits per heavy atom. The molecule has 0 unspecified atom stereocenters. The van der Waals surface area contributed by atoms with Crippen LogP contribution in [0.4, 0.5) is 0 Å². The molecule has 0 amide bonds. The number of fused-ring (bicyclic) bond motifs is 3. The molecule has 0 atom stereocenters. The van der Waals surface area contributed by atoms with Crippen molar-refractivity contribution in [3.05, 3.63) is 53.3 Å². The van der Waals surface area contributed by atoms with E-state index in [1.165, 1.54) is 16.5 Å². The minimum absolute atomic E-state index is 0.959. The zero-order valence-electron chi connectivity index (χ0n) is 8.66. The van der Waals surface area contributed by atoms with Crippen LogP contribution in [0.1, 0.15) is 16.9 Å². The molecule has 1 aliphatic carbocycles. The monoisotopic (exact) mass is 196 g/mol. The summed E-state index contributed by atoms with van der Waals surface area (Å²) >= 11 is 0. The first-order valence-electron chi connectivity index (χ1n) is 5.20. The molecule has 0 bridgehead atoms. The molecule has 0 aliphatic heterocycles. The highest BCUT2D eigenvalue weighted by Gasteiger charge is 2.13. The van der Waals surface area contributed by atoms with Crippen LogP contribution in [-0.2, 0) is 6.42 Å². The van der Waals surface area contributed by atoms with Gasteiger partial charge in [-0.1, -0.05) is 30.4 Å². The molecule has 0 fully saturated rings. The zero-order chi connectivity index (χ0) is 10.3. The predicted molar refractivity (Wildman–Crippen MR) is 62.8 cm³/mol. The number of allylic oxidation sites excluding steroid dienone is 3. The molecule has 15 heavy (non-hydrogen) atoms. The highest BCUT2D eigenvalue weighted by Crippen LogP contribution is 2.31. The summed E-state index contributed by atoms with van der Waals surface area (Å²) < 4.78 is 5.82. The second kappa shape index (κ2) is 3.13. The van der Waals surface area contributed by atoms with E-state index in [0.29, 0.717) is 0 Å². The summed E-state index contributed by atoms with van der Waals surface area (Å²) in [5.74, 6) is 1.00. The molecule has 1 aromatic carbocycles. The Kier molecular flexibility index (Phi) is 1.78. The fraction of sp³-hybridized carbons (Fsp3) is 0.143. The fourth-order valence-corrected chi connectivity index (χ4v) is 2.16. The van der Waals surface area contributed by atoms with Crippen molar-refractivity contribution in [2.24, 2.45) is 0 Å². The molecule has 0 radical (unpaired) electrons. The van der Waals surface area contributed by atoms with Crippen LogP contribution >= 0.6 is 0 Å². The molecule has 1 nitrogen and oxygen atoms in total. The number of benzene rings is 1. The summed E-state index contributed by atoms with van der Waals surface area (Å²) in [6, 6.07) is 6.21. The quantitative estimate of drug-likeness (QED) is 0.623. The lowest BCUT2D eigenvalue weighted by molar-refractivity contribution is 0.600. The Bertz CT molecular complexity index is 570. The Morgan fingerprint density at radius 1 is 1.20 bits per heavy atom. The maximum atomic E-state index is 5.82. The first-order chi connectivity index (χ1) is 7.36. The molecule has 0 N–H and O–H groups in total. The summed E-state index contributed by atoms with van der Waals surface area (Å²) in [6.07, 6.45) is 9.27. The third-order valence-corrected chi connectivity index (χ3v) is 2.87. The van der Waals surface area contributed by atoms with Crippen molar-refractivity contribution >= 4 is 17.0 Å². The van der Waals surface area contributed by atoms with E-state index < -0.39 is 0 Å². The third kappa shape index (κ3) is 1.23. The standard InChI is InChI=1S/C14H12O/c1-10-6-5-9-13-14(10)11-7-3-2-4-8-12(11)15-13/h2-6,8-9H,7H2,1H3. The Balaban J connectivity index is 2.41. The smallest absolute Gasteiger partial charge is 0.135 e. The SMILES string of the molecule is Cc1cccc2oc3c(c12)CC=CC=C3. The second-order valence-electron chi connectivity index (χ2n) is 3.88. The number of aryl methyl sites for hydroxylation is 1. The summed E-state index contributed by atoms with van der Waals surface area (Å²) in [4.78, 5) is 0. The van der Waals surface area contributed by atoms with Gasteiger partial charge in [-0.3, -0.25) is 0 Å². The van der Waals surface area contributed by atoms with Gasteiger partial charge in [0.15, 0.2) is 0 Å². The summed E-state index contributed by atoms with van der Waals surface area (Å²) in [7, 11) is 0. The topological polar surface area (TPSA) is 13.1 Å². The van der Waals surface area contributed by atoms with E-state index in [1.54, 1.807) is 0 Å². The van der Waals surface area contributed by atoms with Crippen LogP contribution < -0.4 is 0 Å². The van der Waals surface area contributed by atoms with Gasteiger partial charge in [-0.2, -0.15) is 0 Å². The second-order valence-corrected chi connectivity index (χ2v) is 3.88. The van der Waals surface area contributed by atoms with Crippen LogP contribution in [0.25, 0.3) is 17.0 Å². The van der Waals surface area contributed by atoms with Crippen LogP contribution in [-0.4, -0.2) is 0 Å². The third-order valence-electron chi connectivity index (χ3n) is 2.87. The van der Waals surface area contributed by atoms with Crippen LogP contribution in [0.3, 0.4) is 0 Å². The molecule has 1 aromatic heterocycles. The number of furan rings is 1. The molecule has 74 valence electrons. The van der Waals surface area contributed by atoms with Gasteiger partial charge in [0, 0.05) is 10.9 Å². The van der Waals surface area contributed by atoms with E-state index in [2.05, 4.69) is 25.1 Å². The van der Waals surface area contributed by atoms with Gasteiger partial charge in [-0.15, -0.1) is 0 Å². The van der Waals surface area contributed by atoms with E-state index >= 15 is 0 Å². The molecule has 3 rings (SSSR count). The zero-order valence-corrected chi connectivity index (χ0v) is 8.66. The fourth-order valence-electron chi connectivity index (χ4n) is 2.16. The summed E-state index contributed by atoms with van der Waals surface area (Å²) in [6.45, 7) is 2.14. The Labute approximate surface area is 88.7 Å². The molecule has 1 heterocycles.